The van der Waals surface area contributed by atoms with Gasteiger partial charge < -0.3 is 15.2 Å². The summed E-state index contributed by atoms with van der Waals surface area (Å²) in [6.07, 6.45) is -5.69. The van der Waals surface area contributed by atoms with E-state index in [2.05, 4.69) is 21.2 Å². The second-order valence-corrected chi connectivity index (χ2v) is 6.24. The Kier molecular flexibility index (Phi) is 6.60. The van der Waals surface area contributed by atoms with E-state index in [1.165, 1.54) is 24.3 Å². The van der Waals surface area contributed by atoms with Crippen LogP contribution >= 0.6 is 15.9 Å². The Bertz CT molecular complexity index is 783. The van der Waals surface area contributed by atoms with Gasteiger partial charge in [0.1, 0.15) is 24.3 Å². The zero-order chi connectivity index (χ0) is 19.3. The Balaban J connectivity index is 1.87. The molecule has 0 saturated heterocycles. The summed E-state index contributed by atoms with van der Waals surface area (Å²) in [5.41, 5.74) is -1.08. The van der Waals surface area contributed by atoms with Gasteiger partial charge in [0.15, 0.2) is 0 Å². The number of carbonyl (C=O) groups excluding carboxylic acids is 1. The molecule has 0 spiro atoms. The molecule has 0 bridgehead atoms. The maximum Gasteiger partial charge on any atom is 0.416 e. The summed E-state index contributed by atoms with van der Waals surface area (Å²) < 4.78 is 57.0. The fraction of sp³-hybridized carbons (Fsp3) is 0.235. The number of hydrogen-bond donors (Lipinski definition) is 2. The maximum atomic E-state index is 13.6. The molecule has 1 amide bonds. The van der Waals surface area contributed by atoms with Gasteiger partial charge in [-0.05, 0) is 36.4 Å². The quantitative estimate of drug-likeness (QED) is 0.678. The SMILES string of the molecule is O=C(NCC(O)COc1cccc(C(F)(F)F)c1)c1cc(Br)ccc1F. The van der Waals surface area contributed by atoms with Gasteiger partial charge in [0.05, 0.1) is 11.1 Å². The summed E-state index contributed by atoms with van der Waals surface area (Å²) in [7, 11) is 0. The van der Waals surface area contributed by atoms with Gasteiger partial charge in [-0.15, -0.1) is 0 Å². The minimum Gasteiger partial charge on any atom is -0.491 e. The zero-order valence-corrected chi connectivity index (χ0v) is 14.8. The lowest BCUT2D eigenvalue weighted by atomic mass is 10.2. The largest absolute Gasteiger partial charge is 0.491 e. The van der Waals surface area contributed by atoms with Gasteiger partial charge in [0.2, 0.25) is 0 Å². The van der Waals surface area contributed by atoms with E-state index in [0.29, 0.717) is 4.47 Å². The third-order valence-electron chi connectivity index (χ3n) is 3.28. The van der Waals surface area contributed by atoms with Crippen LogP contribution in [-0.2, 0) is 6.18 Å². The smallest absolute Gasteiger partial charge is 0.416 e. The minimum absolute atomic E-state index is 0.0664. The molecule has 2 rings (SSSR count). The molecule has 2 N–H and O–H groups in total. The number of rotatable bonds is 6. The van der Waals surface area contributed by atoms with Gasteiger partial charge in [0.25, 0.3) is 5.91 Å². The molecule has 0 aliphatic rings. The number of nitrogens with one attached hydrogen (secondary N) is 1. The van der Waals surface area contributed by atoms with Gasteiger partial charge in [-0.3, -0.25) is 4.79 Å². The Hall–Kier alpha value is -2.13. The van der Waals surface area contributed by atoms with Gasteiger partial charge >= 0.3 is 6.18 Å². The van der Waals surface area contributed by atoms with Crippen LogP contribution in [0.2, 0.25) is 0 Å². The number of ether oxygens (including phenoxy) is 1. The van der Waals surface area contributed by atoms with Gasteiger partial charge in [-0.2, -0.15) is 13.2 Å². The van der Waals surface area contributed by atoms with Crippen molar-refractivity contribution in [2.75, 3.05) is 13.2 Å². The van der Waals surface area contributed by atoms with Crippen LogP contribution in [0.5, 0.6) is 5.75 Å². The number of amides is 1. The van der Waals surface area contributed by atoms with Crippen molar-refractivity contribution in [2.24, 2.45) is 0 Å². The van der Waals surface area contributed by atoms with Crippen molar-refractivity contribution in [3.05, 3.63) is 63.9 Å². The van der Waals surface area contributed by atoms with Crippen LogP contribution in [0.15, 0.2) is 46.9 Å². The average molecular weight is 436 g/mol. The fourth-order valence-corrected chi connectivity index (χ4v) is 2.35. The summed E-state index contributed by atoms with van der Waals surface area (Å²) in [5, 5.41) is 12.1. The predicted molar refractivity (Wildman–Crippen MR) is 89.4 cm³/mol. The molecule has 2 aromatic rings. The van der Waals surface area contributed by atoms with Crippen LogP contribution in [0.4, 0.5) is 17.6 Å². The molecule has 1 atom stereocenters. The molecule has 0 heterocycles. The lowest BCUT2D eigenvalue weighted by Crippen LogP contribution is -2.35. The Morgan fingerprint density at radius 3 is 2.65 bits per heavy atom. The molecule has 9 heteroatoms. The topological polar surface area (TPSA) is 58.6 Å². The molecule has 26 heavy (non-hydrogen) atoms. The Morgan fingerprint density at radius 2 is 1.96 bits per heavy atom. The van der Waals surface area contributed by atoms with Gasteiger partial charge in [-0.25, -0.2) is 4.39 Å². The predicted octanol–water partition coefficient (Wildman–Crippen LogP) is 3.78. The van der Waals surface area contributed by atoms with E-state index < -0.39 is 29.6 Å². The Labute approximate surface area is 154 Å². The lowest BCUT2D eigenvalue weighted by molar-refractivity contribution is -0.137. The molecule has 0 fully saturated rings. The number of alkyl halides is 3. The van der Waals surface area contributed by atoms with E-state index in [1.807, 2.05) is 0 Å². The van der Waals surface area contributed by atoms with Crippen LogP contribution in [0.3, 0.4) is 0 Å². The number of halogens is 5. The first-order chi connectivity index (χ1) is 12.2. The molecule has 0 aromatic heterocycles. The highest BCUT2D eigenvalue weighted by molar-refractivity contribution is 9.10. The van der Waals surface area contributed by atoms with Crippen LogP contribution < -0.4 is 10.1 Å². The molecule has 1 unspecified atom stereocenters. The van der Waals surface area contributed by atoms with E-state index in [1.54, 1.807) is 0 Å². The maximum absolute atomic E-state index is 13.6. The first-order valence-electron chi connectivity index (χ1n) is 7.38. The molecule has 0 aliphatic heterocycles. The molecule has 0 radical (unpaired) electrons. The Morgan fingerprint density at radius 1 is 1.23 bits per heavy atom. The summed E-state index contributed by atoms with van der Waals surface area (Å²) in [6.45, 7) is -0.605. The van der Waals surface area contributed by atoms with Crippen molar-refractivity contribution >= 4 is 21.8 Å². The van der Waals surface area contributed by atoms with Crippen molar-refractivity contribution in [3.63, 3.8) is 0 Å². The fourth-order valence-electron chi connectivity index (χ4n) is 1.99. The molecule has 140 valence electrons. The number of benzene rings is 2. The number of aliphatic hydroxyl groups excluding tert-OH is 1. The van der Waals surface area contributed by atoms with E-state index in [4.69, 9.17) is 4.74 Å². The third-order valence-corrected chi connectivity index (χ3v) is 3.77. The normalized spacial score (nSPS) is 12.5. The lowest BCUT2D eigenvalue weighted by Gasteiger charge is -2.14. The second kappa shape index (κ2) is 8.50. The van der Waals surface area contributed by atoms with Crippen LogP contribution in [-0.4, -0.2) is 30.3 Å². The van der Waals surface area contributed by atoms with Crippen LogP contribution in [0.25, 0.3) is 0 Å². The zero-order valence-electron chi connectivity index (χ0n) is 13.2. The van der Waals surface area contributed by atoms with Crippen molar-refractivity contribution < 1.29 is 32.2 Å². The second-order valence-electron chi connectivity index (χ2n) is 5.32. The van der Waals surface area contributed by atoms with E-state index in [0.717, 1.165) is 18.2 Å². The first kappa shape index (κ1) is 20.2. The van der Waals surface area contributed by atoms with Gasteiger partial charge in [-0.1, -0.05) is 22.0 Å². The van der Waals surface area contributed by atoms with Crippen molar-refractivity contribution in [3.8, 4) is 5.75 Å². The highest BCUT2D eigenvalue weighted by Crippen LogP contribution is 2.31. The number of hydrogen-bond acceptors (Lipinski definition) is 3. The monoisotopic (exact) mass is 435 g/mol. The van der Waals surface area contributed by atoms with Gasteiger partial charge in [0, 0.05) is 11.0 Å². The molecular formula is C17H14BrF4NO3. The number of carbonyl (C=O) groups is 1. The molecule has 2 aromatic carbocycles. The molecule has 0 saturated carbocycles. The molecule has 4 nitrogen and oxygen atoms in total. The van der Waals surface area contributed by atoms with Crippen LogP contribution in [0.1, 0.15) is 15.9 Å². The highest BCUT2D eigenvalue weighted by atomic mass is 79.9. The van der Waals surface area contributed by atoms with E-state index >= 15 is 0 Å². The van der Waals surface area contributed by atoms with E-state index in [-0.39, 0.29) is 24.5 Å². The molecule has 0 aliphatic carbocycles. The summed E-state index contributed by atoms with van der Waals surface area (Å²) in [5.74, 6) is -1.52. The summed E-state index contributed by atoms with van der Waals surface area (Å²) in [4.78, 5) is 11.9. The van der Waals surface area contributed by atoms with E-state index in [9.17, 15) is 27.5 Å². The highest BCUT2D eigenvalue weighted by Gasteiger charge is 2.30. The molecular weight excluding hydrogens is 422 g/mol. The number of aliphatic hydroxyl groups is 1. The van der Waals surface area contributed by atoms with Crippen molar-refractivity contribution in [1.29, 1.82) is 0 Å². The summed E-state index contributed by atoms with van der Waals surface area (Å²) >= 11 is 3.12. The summed E-state index contributed by atoms with van der Waals surface area (Å²) in [6, 6.07) is 8.05. The first-order valence-corrected chi connectivity index (χ1v) is 8.17. The van der Waals surface area contributed by atoms with Crippen molar-refractivity contribution in [1.82, 2.24) is 5.32 Å². The minimum atomic E-state index is -4.50. The standard InChI is InChI=1S/C17H14BrF4NO3/c18-11-4-5-15(19)14(7-11)16(25)23-8-12(24)9-26-13-3-1-2-10(6-13)17(20,21)22/h1-7,12,24H,8-9H2,(H,23,25). The van der Waals surface area contributed by atoms with Crippen LogP contribution in [0, 0.1) is 5.82 Å². The average Bonchev–Trinajstić information content (AvgIpc) is 2.59. The third kappa shape index (κ3) is 5.70. The van der Waals surface area contributed by atoms with Crippen molar-refractivity contribution in [2.45, 2.75) is 12.3 Å².